The number of hydrogen-bond donors (Lipinski definition) is 1. The summed E-state index contributed by atoms with van der Waals surface area (Å²) in [6.07, 6.45) is 0. The molecule has 34 heavy (non-hydrogen) atoms. The number of carbonyl (C=O) groups excluding carboxylic acids is 2. The van der Waals surface area contributed by atoms with Crippen LogP contribution in [0.15, 0.2) is 66.2 Å². The summed E-state index contributed by atoms with van der Waals surface area (Å²) < 4.78 is 16.0. The minimum Gasteiger partial charge on any atom is -0.507 e. The summed E-state index contributed by atoms with van der Waals surface area (Å²) in [5, 5.41) is 12.0. The number of aliphatic hydroxyl groups excluding tert-OH is 1. The molecule has 172 valence electrons. The molecule has 3 aromatic carbocycles. The molecule has 1 atom stereocenters. The van der Waals surface area contributed by atoms with E-state index in [1.165, 1.54) is 18.1 Å². The number of ketones is 1. The van der Waals surface area contributed by atoms with E-state index in [9.17, 15) is 14.7 Å². The second kappa shape index (κ2) is 8.59. The number of benzene rings is 3. The summed E-state index contributed by atoms with van der Waals surface area (Å²) >= 11 is 12.4. The molecule has 9 heteroatoms. The van der Waals surface area contributed by atoms with E-state index in [1.807, 2.05) is 0 Å². The highest BCUT2D eigenvalue weighted by Crippen LogP contribution is 2.45. The highest BCUT2D eigenvalue weighted by molar-refractivity contribution is 6.52. The van der Waals surface area contributed by atoms with Crippen LogP contribution in [-0.4, -0.2) is 30.7 Å². The number of aliphatic hydroxyl groups is 1. The first-order chi connectivity index (χ1) is 16.4. The first-order valence-electron chi connectivity index (χ1n) is 10.2. The summed E-state index contributed by atoms with van der Waals surface area (Å²) in [5.74, 6) is -0.658. The quantitative estimate of drug-likeness (QED) is 0.296. The topological polar surface area (TPSA) is 85.3 Å². The van der Waals surface area contributed by atoms with Gasteiger partial charge >= 0.3 is 0 Å². The monoisotopic (exact) mass is 497 g/mol. The van der Waals surface area contributed by atoms with E-state index in [0.717, 1.165) is 0 Å². The number of carbonyl (C=O) groups is 2. The lowest BCUT2D eigenvalue weighted by atomic mass is 9.95. The lowest BCUT2D eigenvalue weighted by molar-refractivity contribution is -0.132. The Balaban J connectivity index is 1.72. The van der Waals surface area contributed by atoms with Crippen LogP contribution in [0.5, 0.6) is 17.2 Å². The van der Waals surface area contributed by atoms with E-state index in [-0.39, 0.29) is 23.0 Å². The molecule has 1 fully saturated rings. The van der Waals surface area contributed by atoms with Crippen molar-refractivity contribution in [3.8, 4) is 17.2 Å². The highest BCUT2D eigenvalue weighted by atomic mass is 35.5. The average molecular weight is 498 g/mol. The third-order valence-electron chi connectivity index (χ3n) is 5.69. The van der Waals surface area contributed by atoms with Crippen LogP contribution in [0.2, 0.25) is 10.0 Å². The Morgan fingerprint density at radius 2 is 1.74 bits per heavy atom. The Labute approximate surface area is 204 Å². The van der Waals surface area contributed by atoms with Crippen molar-refractivity contribution >= 4 is 46.3 Å². The first kappa shape index (κ1) is 22.1. The van der Waals surface area contributed by atoms with Crippen molar-refractivity contribution in [2.45, 2.75) is 6.04 Å². The molecule has 1 N–H and O–H groups in total. The maximum atomic E-state index is 13.3. The normalized spacial score (nSPS) is 18.4. The summed E-state index contributed by atoms with van der Waals surface area (Å²) in [7, 11) is 1.47. The van der Waals surface area contributed by atoms with Gasteiger partial charge in [-0.05, 0) is 48.0 Å². The average Bonchev–Trinajstić information content (AvgIpc) is 3.41. The Bertz CT molecular complexity index is 1350. The first-order valence-corrected chi connectivity index (χ1v) is 10.9. The van der Waals surface area contributed by atoms with Gasteiger partial charge in [-0.25, -0.2) is 0 Å². The van der Waals surface area contributed by atoms with E-state index in [0.29, 0.717) is 33.5 Å². The molecule has 0 aromatic heterocycles. The van der Waals surface area contributed by atoms with Crippen LogP contribution in [0.25, 0.3) is 5.76 Å². The number of halogens is 2. The maximum absolute atomic E-state index is 13.3. The fourth-order valence-corrected chi connectivity index (χ4v) is 4.39. The Kier molecular flexibility index (Phi) is 5.59. The second-order valence-corrected chi connectivity index (χ2v) is 8.45. The van der Waals surface area contributed by atoms with E-state index >= 15 is 0 Å². The molecule has 0 spiro atoms. The number of hydrogen-bond acceptors (Lipinski definition) is 6. The third-order valence-corrected chi connectivity index (χ3v) is 6.27. The van der Waals surface area contributed by atoms with Crippen molar-refractivity contribution in [2.75, 3.05) is 18.8 Å². The molecule has 1 saturated heterocycles. The van der Waals surface area contributed by atoms with Gasteiger partial charge in [-0.2, -0.15) is 0 Å². The van der Waals surface area contributed by atoms with E-state index < -0.39 is 23.5 Å². The zero-order chi connectivity index (χ0) is 24.0. The fourth-order valence-electron chi connectivity index (χ4n) is 4.05. The molecular weight excluding hydrogens is 481 g/mol. The fraction of sp³-hybridized carbons (Fsp3) is 0.120. The van der Waals surface area contributed by atoms with E-state index in [1.54, 1.807) is 54.6 Å². The number of methoxy groups -OCH3 is 1. The third kappa shape index (κ3) is 3.63. The lowest BCUT2D eigenvalue weighted by Gasteiger charge is -2.25. The summed E-state index contributed by atoms with van der Waals surface area (Å²) in [4.78, 5) is 27.9. The molecule has 3 aromatic rings. The Morgan fingerprint density at radius 3 is 2.47 bits per heavy atom. The summed E-state index contributed by atoms with van der Waals surface area (Å²) in [6.45, 7) is 0.0621. The van der Waals surface area contributed by atoms with Gasteiger partial charge in [-0.1, -0.05) is 35.3 Å². The SMILES string of the molecule is COc1ccc(Cl)c(/C(O)=C2\C(=O)C(=O)N(c3ccc4c(c3)OCO4)C2c2ccc(Cl)cc2)c1. The Hall–Kier alpha value is -3.68. The molecule has 7 nitrogen and oxygen atoms in total. The number of rotatable bonds is 4. The van der Waals surface area contributed by atoms with Gasteiger partial charge in [0.25, 0.3) is 11.7 Å². The number of anilines is 1. The van der Waals surface area contributed by atoms with Crippen LogP contribution in [0.3, 0.4) is 0 Å². The molecule has 5 rings (SSSR count). The highest BCUT2D eigenvalue weighted by Gasteiger charge is 2.47. The van der Waals surface area contributed by atoms with Gasteiger partial charge < -0.3 is 19.3 Å². The zero-order valence-corrected chi connectivity index (χ0v) is 19.3. The van der Waals surface area contributed by atoms with Crippen molar-refractivity contribution < 1.29 is 28.9 Å². The number of ether oxygens (including phenoxy) is 3. The molecule has 0 radical (unpaired) electrons. The predicted molar refractivity (Wildman–Crippen MR) is 127 cm³/mol. The Morgan fingerprint density at radius 1 is 1.00 bits per heavy atom. The molecule has 0 saturated carbocycles. The van der Waals surface area contributed by atoms with Gasteiger partial charge in [-0.3, -0.25) is 14.5 Å². The van der Waals surface area contributed by atoms with Crippen LogP contribution in [-0.2, 0) is 9.59 Å². The largest absolute Gasteiger partial charge is 0.507 e. The molecule has 2 aliphatic rings. The standard InChI is InChI=1S/C25H17Cl2NO6/c1-32-16-7-8-18(27)17(11-16)23(29)21-22(13-2-4-14(26)5-3-13)28(25(31)24(21)30)15-6-9-19-20(10-15)34-12-33-19/h2-11,22,29H,12H2,1H3/b23-21+. The van der Waals surface area contributed by atoms with Crippen molar-refractivity contribution in [3.05, 3.63) is 87.4 Å². The summed E-state index contributed by atoms with van der Waals surface area (Å²) in [6, 6.07) is 15.3. The van der Waals surface area contributed by atoms with Crippen molar-refractivity contribution in [1.82, 2.24) is 0 Å². The van der Waals surface area contributed by atoms with Crippen LogP contribution < -0.4 is 19.1 Å². The lowest BCUT2D eigenvalue weighted by Crippen LogP contribution is -2.29. The number of amides is 1. The van der Waals surface area contributed by atoms with Gasteiger partial charge in [-0.15, -0.1) is 0 Å². The van der Waals surface area contributed by atoms with Gasteiger partial charge in [0, 0.05) is 22.3 Å². The molecule has 0 aliphatic carbocycles. The van der Waals surface area contributed by atoms with Crippen molar-refractivity contribution in [2.24, 2.45) is 0 Å². The van der Waals surface area contributed by atoms with Crippen LogP contribution in [0.4, 0.5) is 5.69 Å². The van der Waals surface area contributed by atoms with Crippen molar-refractivity contribution in [1.29, 1.82) is 0 Å². The van der Waals surface area contributed by atoms with Gasteiger partial charge in [0.05, 0.1) is 23.7 Å². The number of nitrogens with zero attached hydrogens (tertiary/aromatic N) is 1. The number of Topliss-reactive ketones (excluding diaryl/α,β-unsaturated/α-hetero) is 1. The van der Waals surface area contributed by atoms with E-state index in [2.05, 4.69) is 0 Å². The van der Waals surface area contributed by atoms with Crippen LogP contribution in [0, 0.1) is 0 Å². The van der Waals surface area contributed by atoms with Gasteiger partial charge in [0.15, 0.2) is 11.5 Å². The van der Waals surface area contributed by atoms with Crippen LogP contribution in [0.1, 0.15) is 17.2 Å². The smallest absolute Gasteiger partial charge is 0.300 e. The molecular formula is C25H17Cl2NO6. The van der Waals surface area contributed by atoms with Crippen molar-refractivity contribution in [3.63, 3.8) is 0 Å². The summed E-state index contributed by atoms with van der Waals surface area (Å²) in [5.41, 5.74) is 1.03. The second-order valence-electron chi connectivity index (χ2n) is 7.60. The molecule has 2 heterocycles. The molecule has 1 unspecified atom stereocenters. The minimum absolute atomic E-state index is 0.0621. The van der Waals surface area contributed by atoms with Gasteiger partial charge in [0.2, 0.25) is 6.79 Å². The van der Waals surface area contributed by atoms with Gasteiger partial charge in [0.1, 0.15) is 11.5 Å². The van der Waals surface area contributed by atoms with Crippen LogP contribution >= 0.6 is 23.2 Å². The molecule has 1 amide bonds. The maximum Gasteiger partial charge on any atom is 0.300 e. The number of fused-ring (bicyclic) bond motifs is 1. The molecule has 2 aliphatic heterocycles. The zero-order valence-electron chi connectivity index (χ0n) is 17.7. The minimum atomic E-state index is -0.945. The van der Waals surface area contributed by atoms with E-state index in [4.69, 9.17) is 37.4 Å². The predicted octanol–water partition coefficient (Wildman–Crippen LogP) is 5.36. The molecule has 0 bridgehead atoms.